The van der Waals surface area contributed by atoms with Crippen LogP contribution in [0.25, 0.3) is 10.9 Å². The molecule has 2 heterocycles. The number of carbonyl (C=O) groups is 2. The second-order valence-corrected chi connectivity index (χ2v) is 15.8. The summed E-state index contributed by atoms with van der Waals surface area (Å²) in [5.41, 5.74) is 1.18. The summed E-state index contributed by atoms with van der Waals surface area (Å²) < 4.78 is 12.2. The second-order valence-electron chi connectivity index (χ2n) is 13.5. The first-order chi connectivity index (χ1) is 19.9. The predicted octanol–water partition coefficient (Wildman–Crippen LogP) is 8.00. The first kappa shape index (κ1) is 32.7. The van der Waals surface area contributed by atoms with Crippen LogP contribution in [0.1, 0.15) is 66.6 Å². The number of amidine groups is 1. The third kappa shape index (κ3) is 8.48. The lowest BCUT2D eigenvalue weighted by Crippen LogP contribution is -2.46. The molecule has 0 saturated carbocycles. The van der Waals surface area contributed by atoms with Crippen LogP contribution in [0.3, 0.4) is 0 Å². The lowest BCUT2D eigenvalue weighted by atomic mass is 9.88. The van der Waals surface area contributed by atoms with Gasteiger partial charge in [0.15, 0.2) is 11.9 Å². The summed E-state index contributed by atoms with van der Waals surface area (Å²) in [6.45, 7) is 16.3. The molecular weight excluding hydrogens is 586 g/mol. The lowest BCUT2D eigenvalue weighted by Gasteiger charge is -2.28. The Balaban J connectivity index is 1.73. The van der Waals surface area contributed by atoms with Crippen LogP contribution in [0.5, 0.6) is 5.75 Å². The Bertz CT molecular complexity index is 1520. The van der Waals surface area contributed by atoms with Crippen LogP contribution < -0.4 is 4.74 Å². The van der Waals surface area contributed by atoms with Crippen molar-refractivity contribution in [2.75, 3.05) is 13.1 Å². The van der Waals surface area contributed by atoms with Crippen molar-refractivity contribution in [2.45, 2.75) is 89.6 Å². The minimum Gasteiger partial charge on any atom is -0.482 e. The van der Waals surface area contributed by atoms with Gasteiger partial charge in [0.05, 0.1) is 18.5 Å². The number of carboxylic acid groups (broad SMARTS) is 1. The number of carbonyl (C=O) groups excluding carboxylic acids is 1. The fraction of sp³-hybridized carbons (Fsp3) is 0.485. The number of thioether (sulfide) groups is 1. The summed E-state index contributed by atoms with van der Waals surface area (Å²) in [7, 11) is 0. The van der Waals surface area contributed by atoms with E-state index in [-0.39, 0.29) is 4.75 Å². The fourth-order valence-electron chi connectivity index (χ4n) is 4.77. The molecule has 2 aromatic carbocycles. The molecule has 1 amide bonds. The Kier molecular flexibility index (Phi) is 9.47. The molecule has 0 aliphatic carbocycles. The number of rotatable bonds is 9. The Morgan fingerprint density at radius 3 is 2.35 bits per heavy atom. The number of H-pyrrole nitrogens is 1. The Labute approximate surface area is 263 Å². The van der Waals surface area contributed by atoms with Crippen molar-refractivity contribution in [1.82, 2.24) is 9.88 Å². The van der Waals surface area contributed by atoms with Crippen molar-refractivity contribution in [1.29, 1.82) is 0 Å². The van der Waals surface area contributed by atoms with Crippen molar-refractivity contribution in [3.63, 3.8) is 0 Å². The van der Waals surface area contributed by atoms with Crippen LogP contribution >= 0.6 is 23.4 Å². The highest BCUT2D eigenvalue weighted by Crippen LogP contribution is 2.42. The topological polar surface area (TPSA) is 104 Å². The molecule has 1 aliphatic heterocycles. The van der Waals surface area contributed by atoms with Gasteiger partial charge in [0.1, 0.15) is 11.4 Å². The highest BCUT2D eigenvalue weighted by molar-refractivity contribution is 8.00. The molecule has 8 nitrogen and oxygen atoms in total. The highest BCUT2D eigenvalue weighted by atomic mass is 35.5. The van der Waals surface area contributed by atoms with Crippen LogP contribution in [0.4, 0.5) is 4.79 Å². The fourth-order valence-corrected chi connectivity index (χ4v) is 6.03. The number of carboxylic acids is 1. The number of benzene rings is 2. The maximum atomic E-state index is 13.1. The van der Waals surface area contributed by atoms with E-state index in [1.807, 2.05) is 63.2 Å². The Morgan fingerprint density at radius 1 is 1.07 bits per heavy atom. The van der Waals surface area contributed by atoms with Crippen LogP contribution in [-0.4, -0.2) is 62.4 Å². The molecule has 3 aromatic rings. The molecule has 2 N–H and O–H groups in total. The van der Waals surface area contributed by atoms with E-state index in [2.05, 4.69) is 25.8 Å². The summed E-state index contributed by atoms with van der Waals surface area (Å²) in [5.74, 6) is 0.286. The summed E-state index contributed by atoms with van der Waals surface area (Å²) in [6.07, 6.45) is -0.213. The number of halogens is 1. The number of hydrogen-bond donors (Lipinski definition) is 2. The highest BCUT2D eigenvalue weighted by Gasteiger charge is 2.35. The minimum atomic E-state index is -0.942. The number of aliphatic carboxylic acids is 1. The van der Waals surface area contributed by atoms with E-state index in [1.165, 1.54) is 0 Å². The van der Waals surface area contributed by atoms with Gasteiger partial charge in [-0.2, -0.15) is 0 Å². The van der Waals surface area contributed by atoms with E-state index >= 15 is 0 Å². The smallest absolute Gasteiger partial charge is 0.415 e. The van der Waals surface area contributed by atoms with Gasteiger partial charge in [0.2, 0.25) is 0 Å². The monoisotopic (exact) mass is 627 g/mol. The molecule has 0 bridgehead atoms. The number of nitrogens with zero attached hydrogens (tertiary/aromatic N) is 2. The number of hydrogen-bond acceptors (Lipinski definition) is 6. The summed E-state index contributed by atoms with van der Waals surface area (Å²) >= 11 is 7.84. The third-order valence-electron chi connectivity index (χ3n) is 6.79. The number of aliphatic imine (C=N–C) groups is 1. The van der Waals surface area contributed by atoms with E-state index in [4.69, 9.17) is 26.1 Å². The zero-order valence-corrected chi connectivity index (χ0v) is 27.8. The molecule has 0 spiro atoms. The maximum absolute atomic E-state index is 13.1. The van der Waals surface area contributed by atoms with E-state index in [1.54, 1.807) is 30.5 Å². The average Bonchev–Trinajstić information content (AvgIpc) is 3.48. The first-order valence-electron chi connectivity index (χ1n) is 14.4. The standard InChI is InChI=1S/C33H42ClN3O5S/c1-31(2,3)42-30(40)37-16-15-35-28(37)26(17-20-9-11-21(34)12-10-20)41-22-13-14-24-23(18-22)27(43-32(4,5)6)25(36-24)19-33(7,8)29(38)39/h9-14,18,26,36H,15-17,19H2,1-8H3,(H,38,39). The van der Waals surface area contributed by atoms with Gasteiger partial charge >= 0.3 is 12.1 Å². The molecule has 1 unspecified atom stereocenters. The van der Waals surface area contributed by atoms with Crippen LogP contribution in [0.15, 0.2) is 52.4 Å². The SMILES string of the molecule is CC(C)(C)OC(=O)N1CCN=C1C(Cc1ccc(Cl)cc1)Oc1ccc2[nH]c(CC(C)(C)C(=O)O)c(SC(C)(C)C)c2c1. The van der Waals surface area contributed by atoms with Crippen molar-refractivity contribution in [3.8, 4) is 5.75 Å². The van der Waals surface area contributed by atoms with Gasteiger partial charge in [-0.25, -0.2) is 4.79 Å². The van der Waals surface area contributed by atoms with Crippen LogP contribution in [0, 0.1) is 5.41 Å². The first-order valence-corrected chi connectivity index (χ1v) is 15.6. The molecular formula is C33H42ClN3O5S. The summed E-state index contributed by atoms with van der Waals surface area (Å²) in [5, 5.41) is 11.4. The van der Waals surface area contributed by atoms with Crippen molar-refractivity contribution < 1.29 is 24.2 Å². The number of aromatic nitrogens is 1. The van der Waals surface area contributed by atoms with Gasteiger partial charge in [0.25, 0.3) is 0 Å². The van der Waals surface area contributed by atoms with Gasteiger partial charge in [-0.05, 0) is 70.5 Å². The molecule has 43 heavy (non-hydrogen) atoms. The molecule has 0 radical (unpaired) electrons. The summed E-state index contributed by atoms with van der Waals surface area (Å²) in [4.78, 5) is 35.8. The number of amides is 1. The van der Waals surface area contributed by atoms with E-state index in [0.29, 0.717) is 42.5 Å². The van der Waals surface area contributed by atoms with E-state index < -0.39 is 29.2 Å². The van der Waals surface area contributed by atoms with E-state index in [0.717, 1.165) is 27.1 Å². The molecule has 1 atom stereocenters. The molecule has 0 fully saturated rings. The number of aromatic amines is 1. The summed E-state index contributed by atoms with van der Waals surface area (Å²) in [6, 6.07) is 13.4. The normalized spacial score (nSPS) is 15.0. The molecule has 4 rings (SSSR count). The van der Waals surface area contributed by atoms with Crippen LogP contribution in [0.2, 0.25) is 5.02 Å². The third-order valence-corrected chi connectivity index (χ3v) is 8.32. The quantitative estimate of drug-likeness (QED) is 0.233. The maximum Gasteiger partial charge on any atom is 0.415 e. The van der Waals surface area contributed by atoms with Gasteiger partial charge in [-0.3, -0.25) is 14.7 Å². The molecule has 0 saturated heterocycles. The molecule has 1 aromatic heterocycles. The zero-order chi connectivity index (χ0) is 31.7. The van der Waals surface area contributed by atoms with E-state index in [9.17, 15) is 14.7 Å². The molecule has 10 heteroatoms. The van der Waals surface area contributed by atoms with Crippen molar-refractivity contribution in [2.24, 2.45) is 10.4 Å². The minimum absolute atomic E-state index is 0.113. The van der Waals surface area contributed by atoms with Crippen molar-refractivity contribution in [3.05, 3.63) is 58.7 Å². The van der Waals surface area contributed by atoms with Gasteiger partial charge in [0, 0.05) is 44.1 Å². The molecule has 1 aliphatic rings. The number of fused-ring (bicyclic) bond motifs is 1. The van der Waals surface area contributed by atoms with Crippen LogP contribution in [-0.2, 0) is 22.4 Å². The van der Waals surface area contributed by atoms with Gasteiger partial charge in [-0.15, -0.1) is 11.8 Å². The van der Waals surface area contributed by atoms with Gasteiger partial charge in [-0.1, -0.05) is 44.5 Å². The second kappa shape index (κ2) is 12.4. The van der Waals surface area contributed by atoms with Crippen molar-refractivity contribution >= 4 is 52.2 Å². The average molecular weight is 628 g/mol. The number of ether oxygens (including phenoxy) is 2. The Morgan fingerprint density at radius 2 is 1.74 bits per heavy atom. The predicted molar refractivity (Wildman–Crippen MR) is 174 cm³/mol. The lowest BCUT2D eigenvalue weighted by molar-refractivity contribution is -0.146. The van der Waals surface area contributed by atoms with Gasteiger partial charge < -0.3 is 19.6 Å². The molecule has 232 valence electrons. The largest absolute Gasteiger partial charge is 0.482 e. The number of nitrogens with one attached hydrogen (secondary N) is 1. The zero-order valence-electron chi connectivity index (χ0n) is 26.2. The Hall–Kier alpha value is -3.17.